The van der Waals surface area contributed by atoms with Crippen molar-refractivity contribution in [2.45, 2.75) is 37.5 Å². The Morgan fingerprint density at radius 3 is 2.70 bits per heavy atom. The minimum absolute atomic E-state index is 0.0451. The highest BCUT2D eigenvalue weighted by Crippen LogP contribution is 2.30. The van der Waals surface area contributed by atoms with E-state index in [9.17, 15) is 8.42 Å². The van der Waals surface area contributed by atoms with Crippen molar-refractivity contribution in [2.24, 2.45) is 0 Å². The van der Waals surface area contributed by atoms with E-state index in [0.717, 1.165) is 29.7 Å². The molecule has 1 saturated heterocycles. The highest BCUT2D eigenvalue weighted by molar-refractivity contribution is 7.89. The summed E-state index contributed by atoms with van der Waals surface area (Å²) in [6.45, 7) is 4.88. The summed E-state index contributed by atoms with van der Waals surface area (Å²) in [6.07, 6.45) is 6.57. The Morgan fingerprint density at radius 1 is 1.07 bits per heavy atom. The van der Waals surface area contributed by atoms with E-state index in [1.165, 1.54) is 0 Å². The van der Waals surface area contributed by atoms with E-state index in [1.54, 1.807) is 35.0 Å². The van der Waals surface area contributed by atoms with E-state index in [0.29, 0.717) is 29.6 Å². The van der Waals surface area contributed by atoms with Gasteiger partial charge in [-0.25, -0.2) is 18.4 Å². The zero-order valence-corrected chi connectivity index (χ0v) is 17.9. The fourth-order valence-corrected chi connectivity index (χ4v) is 5.28. The zero-order chi connectivity index (χ0) is 21.1. The summed E-state index contributed by atoms with van der Waals surface area (Å²) in [7, 11) is -3.53. The average molecular weight is 424 g/mol. The molecule has 1 aliphatic heterocycles. The molecule has 0 saturated carbocycles. The van der Waals surface area contributed by atoms with Crippen LogP contribution in [-0.2, 0) is 10.0 Å². The third-order valence-corrected chi connectivity index (χ3v) is 7.37. The van der Waals surface area contributed by atoms with Gasteiger partial charge in [0.05, 0.1) is 11.1 Å². The molecule has 0 bridgehead atoms. The number of sulfonamides is 1. The quantitative estimate of drug-likeness (QED) is 0.672. The van der Waals surface area contributed by atoms with Crippen molar-refractivity contribution in [2.75, 3.05) is 18.4 Å². The summed E-state index contributed by atoms with van der Waals surface area (Å²) >= 11 is 0. The Hall–Kier alpha value is -2.84. The zero-order valence-electron chi connectivity index (χ0n) is 17.1. The summed E-state index contributed by atoms with van der Waals surface area (Å²) in [5.41, 5.74) is 2.94. The molecule has 0 radical (unpaired) electrons. The second kappa shape index (κ2) is 8.49. The SMILES string of the molecule is Cc1ccc(S(=O)(=O)N2CCCC(c3cccc(Nc4cnccn4)n3)C2)cc1C. The van der Waals surface area contributed by atoms with Crippen LogP contribution < -0.4 is 5.32 Å². The van der Waals surface area contributed by atoms with Gasteiger partial charge in [-0.3, -0.25) is 4.98 Å². The number of nitrogens with one attached hydrogen (secondary N) is 1. The molecule has 2 aromatic heterocycles. The summed E-state index contributed by atoms with van der Waals surface area (Å²) < 4.78 is 28.0. The number of pyridine rings is 1. The van der Waals surface area contributed by atoms with Gasteiger partial charge in [-0.2, -0.15) is 4.31 Å². The molecular weight excluding hydrogens is 398 g/mol. The third kappa shape index (κ3) is 4.34. The summed E-state index contributed by atoms with van der Waals surface area (Å²) in [5, 5.41) is 3.15. The van der Waals surface area contributed by atoms with Crippen LogP contribution >= 0.6 is 0 Å². The molecule has 1 aromatic carbocycles. The van der Waals surface area contributed by atoms with Crippen molar-refractivity contribution < 1.29 is 8.42 Å². The van der Waals surface area contributed by atoms with E-state index >= 15 is 0 Å². The fourth-order valence-electron chi connectivity index (χ4n) is 3.67. The fraction of sp³-hybridized carbons (Fsp3) is 0.318. The summed E-state index contributed by atoms with van der Waals surface area (Å²) in [6, 6.07) is 11.1. The number of aromatic nitrogens is 3. The van der Waals surface area contributed by atoms with Crippen molar-refractivity contribution in [3.05, 3.63) is 71.8 Å². The maximum absolute atomic E-state index is 13.2. The molecule has 30 heavy (non-hydrogen) atoms. The lowest BCUT2D eigenvalue weighted by Gasteiger charge is -2.32. The van der Waals surface area contributed by atoms with Crippen LogP contribution in [0, 0.1) is 13.8 Å². The number of benzene rings is 1. The molecular formula is C22H25N5O2S. The number of anilines is 2. The molecule has 3 heterocycles. The molecule has 0 aliphatic carbocycles. The largest absolute Gasteiger partial charge is 0.324 e. The van der Waals surface area contributed by atoms with Gasteiger partial charge in [-0.15, -0.1) is 0 Å². The molecule has 4 rings (SSSR count). The molecule has 7 nitrogen and oxygen atoms in total. The van der Waals surface area contributed by atoms with E-state index in [4.69, 9.17) is 4.98 Å². The van der Waals surface area contributed by atoms with Crippen LogP contribution in [-0.4, -0.2) is 40.8 Å². The van der Waals surface area contributed by atoms with Crippen molar-refractivity contribution in [3.8, 4) is 0 Å². The Balaban J connectivity index is 1.54. The number of piperidine rings is 1. The van der Waals surface area contributed by atoms with Crippen LogP contribution in [0.15, 0.2) is 59.9 Å². The molecule has 1 N–H and O–H groups in total. The topological polar surface area (TPSA) is 88.1 Å². The van der Waals surface area contributed by atoms with E-state index in [1.807, 2.05) is 38.1 Å². The molecule has 1 unspecified atom stereocenters. The average Bonchev–Trinajstić information content (AvgIpc) is 2.76. The molecule has 1 aliphatic rings. The molecule has 156 valence electrons. The summed E-state index contributed by atoms with van der Waals surface area (Å²) in [5.74, 6) is 1.33. The monoisotopic (exact) mass is 423 g/mol. The van der Waals surface area contributed by atoms with Crippen LogP contribution in [0.4, 0.5) is 11.6 Å². The number of rotatable bonds is 5. The molecule has 1 atom stereocenters. The van der Waals surface area contributed by atoms with Crippen LogP contribution in [0.25, 0.3) is 0 Å². The first-order valence-electron chi connectivity index (χ1n) is 10.0. The Labute approximate surface area is 177 Å². The second-order valence-corrected chi connectivity index (χ2v) is 9.55. The Morgan fingerprint density at radius 2 is 1.93 bits per heavy atom. The minimum Gasteiger partial charge on any atom is -0.324 e. The van der Waals surface area contributed by atoms with Gasteiger partial charge in [0, 0.05) is 37.1 Å². The van der Waals surface area contributed by atoms with E-state index < -0.39 is 10.0 Å². The number of hydrogen-bond donors (Lipinski definition) is 1. The highest BCUT2D eigenvalue weighted by atomic mass is 32.2. The van der Waals surface area contributed by atoms with Gasteiger partial charge >= 0.3 is 0 Å². The predicted molar refractivity (Wildman–Crippen MR) is 116 cm³/mol. The molecule has 0 spiro atoms. The van der Waals surface area contributed by atoms with Gasteiger partial charge in [0.1, 0.15) is 11.6 Å². The normalized spacial score (nSPS) is 17.6. The van der Waals surface area contributed by atoms with Crippen molar-refractivity contribution in [1.29, 1.82) is 0 Å². The van der Waals surface area contributed by atoms with Crippen molar-refractivity contribution in [1.82, 2.24) is 19.3 Å². The lowest BCUT2D eigenvalue weighted by molar-refractivity contribution is 0.313. The van der Waals surface area contributed by atoms with Crippen molar-refractivity contribution >= 4 is 21.7 Å². The highest BCUT2D eigenvalue weighted by Gasteiger charge is 2.31. The van der Waals surface area contributed by atoms with E-state index in [2.05, 4.69) is 15.3 Å². The van der Waals surface area contributed by atoms with Gasteiger partial charge in [0.2, 0.25) is 10.0 Å². The lowest BCUT2D eigenvalue weighted by Crippen LogP contribution is -2.39. The third-order valence-electron chi connectivity index (χ3n) is 5.51. The first-order chi connectivity index (χ1) is 14.4. The molecule has 8 heteroatoms. The van der Waals surface area contributed by atoms with Gasteiger partial charge in [-0.05, 0) is 62.1 Å². The minimum atomic E-state index is -3.53. The molecule has 1 fully saturated rings. The smallest absolute Gasteiger partial charge is 0.243 e. The molecule has 3 aromatic rings. The number of nitrogens with zero attached hydrogens (tertiary/aromatic N) is 4. The maximum atomic E-state index is 13.2. The van der Waals surface area contributed by atoms with Crippen LogP contribution in [0.5, 0.6) is 0 Å². The Bertz CT molecular complexity index is 1140. The van der Waals surface area contributed by atoms with Gasteiger partial charge in [0.15, 0.2) is 0 Å². The van der Waals surface area contributed by atoms with Crippen LogP contribution in [0.3, 0.4) is 0 Å². The van der Waals surface area contributed by atoms with Gasteiger partial charge in [-0.1, -0.05) is 12.1 Å². The Kier molecular flexibility index (Phi) is 5.78. The van der Waals surface area contributed by atoms with Crippen LogP contribution in [0.2, 0.25) is 0 Å². The van der Waals surface area contributed by atoms with E-state index in [-0.39, 0.29) is 5.92 Å². The lowest BCUT2D eigenvalue weighted by atomic mass is 9.95. The standard InChI is InChI=1S/C22H25N5O2S/c1-16-8-9-19(13-17(16)2)30(28,29)27-12-4-5-18(15-27)20-6-3-7-21(25-20)26-22-14-23-10-11-24-22/h3,6-11,13-14,18H,4-5,12,15H2,1-2H3,(H,24,25,26). The number of aryl methyl sites for hydroxylation is 2. The second-order valence-electron chi connectivity index (χ2n) is 7.61. The number of hydrogen-bond acceptors (Lipinski definition) is 6. The van der Waals surface area contributed by atoms with Gasteiger partial charge < -0.3 is 5.32 Å². The summed E-state index contributed by atoms with van der Waals surface area (Å²) in [4.78, 5) is 13.3. The predicted octanol–water partition coefficient (Wildman–Crippen LogP) is 3.80. The maximum Gasteiger partial charge on any atom is 0.243 e. The van der Waals surface area contributed by atoms with Crippen LogP contribution in [0.1, 0.15) is 35.6 Å². The van der Waals surface area contributed by atoms with Crippen molar-refractivity contribution in [3.63, 3.8) is 0 Å². The van der Waals surface area contributed by atoms with Gasteiger partial charge in [0.25, 0.3) is 0 Å². The first kappa shape index (κ1) is 20.4. The first-order valence-corrected chi connectivity index (χ1v) is 11.4. The molecule has 0 amide bonds.